The Hall–Kier alpha value is -4.33. The molecule has 1 heterocycles. The van der Waals surface area contributed by atoms with Gasteiger partial charge in [-0.05, 0) is 35.2 Å². The average molecular weight is 468 g/mol. The van der Waals surface area contributed by atoms with Crippen LogP contribution in [-0.2, 0) is 19.8 Å². The fraction of sp³-hybridized carbons (Fsp3) is 0.222. The molecule has 1 saturated heterocycles. The molecule has 8 nitrogen and oxygen atoms in total. The van der Waals surface area contributed by atoms with Gasteiger partial charge in [0.15, 0.2) is 0 Å². The summed E-state index contributed by atoms with van der Waals surface area (Å²) in [6.45, 7) is 1.46. The van der Waals surface area contributed by atoms with E-state index < -0.39 is 39.9 Å². The van der Waals surface area contributed by atoms with Crippen molar-refractivity contribution in [2.75, 3.05) is 12.0 Å². The summed E-state index contributed by atoms with van der Waals surface area (Å²) in [5.74, 6) is -3.30. The van der Waals surface area contributed by atoms with E-state index in [-0.39, 0.29) is 22.9 Å². The smallest absolute Gasteiger partial charge is 0.271 e. The van der Waals surface area contributed by atoms with E-state index in [1.165, 1.54) is 32.2 Å². The van der Waals surface area contributed by atoms with Crippen LogP contribution >= 0.6 is 0 Å². The number of Topliss-reactive ketones (excluding diaryl/α,β-unsaturated/α-hetero) is 1. The summed E-state index contributed by atoms with van der Waals surface area (Å²) in [4.78, 5) is 53.7. The highest BCUT2D eigenvalue weighted by Crippen LogP contribution is 2.64. The zero-order valence-electron chi connectivity index (χ0n) is 18.9. The molecule has 2 atom stereocenters. The summed E-state index contributed by atoms with van der Waals surface area (Å²) < 4.78 is 5.37. The first kappa shape index (κ1) is 21.2. The van der Waals surface area contributed by atoms with E-state index in [1.54, 1.807) is 0 Å². The minimum atomic E-state index is -1.33. The minimum Gasteiger partial charge on any atom is -0.495 e. The minimum absolute atomic E-state index is 0.0114. The van der Waals surface area contributed by atoms with Gasteiger partial charge in [0.25, 0.3) is 5.69 Å². The largest absolute Gasteiger partial charge is 0.495 e. The molecule has 0 N–H and O–H groups in total. The molecule has 174 valence electrons. The number of hydrogen-bond donors (Lipinski definition) is 0. The maximum absolute atomic E-state index is 14.1. The van der Waals surface area contributed by atoms with Crippen molar-refractivity contribution in [2.24, 2.45) is 11.8 Å². The zero-order valence-corrected chi connectivity index (χ0v) is 18.9. The van der Waals surface area contributed by atoms with Gasteiger partial charge in [0.05, 0.1) is 29.3 Å². The second kappa shape index (κ2) is 7.09. The third-order valence-corrected chi connectivity index (χ3v) is 7.79. The van der Waals surface area contributed by atoms with Crippen molar-refractivity contribution in [1.29, 1.82) is 0 Å². The lowest BCUT2D eigenvalue weighted by Crippen LogP contribution is -2.57. The van der Waals surface area contributed by atoms with E-state index in [0.29, 0.717) is 0 Å². The third kappa shape index (κ3) is 2.43. The van der Waals surface area contributed by atoms with Crippen LogP contribution in [0.4, 0.5) is 11.4 Å². The fourth-order valence-electron chi connectivity index (χ4n) is 6.57. The number of hydrogen-bond acceptors (Lipinski definition) is 6. The first-order valence-electron chi connectivity index (χ1n) is 11.2. The monoisotopic (exact) mass is 468 g/mol. The Balaban J connectivity index is 1.65. The average Bonchev–Trinajstić information content (AvgIpc) is 3.13. The van der Waals surface area contributed by atoms with Gasteiger partial charge in [0.1, 0.15) is 17.2 Å². The second-order valence-electron chi connectivity index (χ2n) is 9.14. The van der Waals surface area contributed by atoms with Gasteiger partial charge >= 0.3 is 0 Å². The molecule has 0 aromatic heterocycles. The molecule has 1 fully saturated rings. The number of methoxy groups -OCH3 is 1. The number of carbonyl (C=O) groups excluding carboxylic acids is 3. The van der Waals surface area contributed by atoms with Crippen LogP contribution in [0.15, 0.2) is 66.7 Å². The predicted molar refractivity (Wildman–Crippen MR) is 125 cm³/mol. The molecule has 8 heteroatoms. The SMILES string of the molecule is COc1ccc([N+](=O)[O-])cc1N1C(=O)[C@H]2C3c4ccccc4C(C(C)=O)(c4ccccc43)[C@H]2C1=O. The fourth-order valence-corrected chi connectivity index (χ4v) is 6.57. The molecular formula is C27H20N2O6. The first-order valence-corrected chi connectivity index (χ1v) is 11.2. The standard InChI is InChI=1S/C27H20N2O6/c1-14(30)27-18-9-5-3-7-16(18)22(17-8-4-6-10-19(17)27)23-24(27)26(32)28(25(23)31)20-13-15(29(33)34)11-12-21(20)35-2/h3-13,22-24H,1-2H3/t22?,23-,24+,27?/m0/s1. The molecule has 2 bridgehead atoms. The van der Waals surface area contributed by atoms with Crippen LogP contribution in [0.3, 0.4) is 0 Å². The lowest BCUT2D eigenvalue weighted by molar-refractivity contribution is -0.384. The molecule has 0 spiro atoms. The quantitative estimate of drug-likeness (QED) is 0.328. The number of ketones is 1. The van der Waals surface area contributed by atoms with Crippen LogP contribution in [0.2, 0.25) is 0 Å². The summed E-state index contributed by atoms with van der Waals surface area (Å²) in [5, 5.41) is 11.5. The topological polar surface area (TPSA) is 107 Å². The molecule has 35 heavy (non-hydrogen) atoms. The zero-order chi connectivity index (χ0) is 24.6. The molecular weight excluding hydrogens is 448 g/mol. The molecule has 3 aliphatic carbocycles. The third-order valence-electron chi connectivity index (χ3n) is 7.79. The number of anilines is 1. The van der Waals surface area contributed by atoms with Crippen molar-refractivity contribution in [1.82, 2.24) is 0 Å². The Bertz CT molecular complexity index is 1430. The number of ether oxygens (including phenoxy) is 1. The Kier molecular flexibility index (Phi) is 4.30. The molecule has 7 rings (SSSR count). The number of benzene rings is 3. The lowest BCUT2D eigenvalue weighted by Gasteiger charge is -2.52. The number of amides is 2. The van der Waals surface area contributed by atoms with Crippen molar-refractivity contribution in [2.45, 2.75) is 18.3 Å². The van der Waals surface area contributed by atoms with Gasteiger partial charge in [0, 0.05) is 18.1 Å². The van der Waals surface area contributed by atoms with Crippen molar-refractivity contribution < 1.29 is 24.0 Å². The molecule has 1 aliphatic heterocycles. The van der Waals surface area contributed by atoms with Crippen molar-refractivity contribution in [3.05, 3.63) is 99.1 Å². The predicted octanol–water partition coefficient (Wildman–Crippen LogP) is 3.74. The van der Waals surface area contributed by atoms with E-state index in [2.05, 4.69) is 0 Å². The summed E-state index contributed by atoms with van der Waals surface area (Å²) in [6.07, 6.45) is 0. The van der Waals surface area contributed by atoms with Crippen molar-refractivity contribution >= 4 is 29.0 Å². The molecule has 3 aromatic carbocycles. The Morgan fingerprint density at radius 3 is 2.11 bits per heavy atom. The second-order valence-corrected chi connectivity index (χ2v) is 9.14. The normalized spacial score (nSPS) is 25.7. The Labute approximate surface area is 200 Å². The van der Waals surface area contributed by atoms with Gasteiger partial charge in [-0.15, -0.1) is 0 Å². The van der Waals surface area contributed by atoms with Crippen molar-refractivity contribution in [3.8, 4) is 5.75 Å². The van der Waals surface area contributed by atoms with Gasteiger partial charge in [-0.1, -0.05) is 48.5 Å². The highest BCUT2D eigenvalue weighted by atomic mass is 16.6. The highest BCUT2D eigenvalue weighted by Gasteiger charge is 2.70. The van der Waals surface area contributed by atoms with Crippen LogP contribution in [0.1, 0.15) is 35.1 Å². The molecule has 2 amide bonds. The van der Waals surface area contributed by atoms with E-state index in [4.69, 9.17) is 4.74 Å². The summed E-state index contributed by atoms with van der Waals surface area (Å²) >= 11 is 0. The van der Waals surface area contributed by atoms with Crippen LogP contribution < -0.4 is 9.64 Å². The molecule has 0 unspecified atom stereocenters. The van der Waals surface area contributed by atoms with Gasteiger partial charge < -0.3 is 4.74 Å². The van der Waals surface area contributed by atoms with E-state index in [0.717, 1.165) is 27.2 Å². The van der Waals surface area contributed by atoms with Crippen LogP contribution in [0, 0.1) is 22.0 Å². The lowest BCUT2D eigenvalue weighted by atomic mass is 9.46. The van der Waals surface area contributed by atoms with E-state index in [9.17, 15) is 24.5 Å². The number of imide groups is 1. The first-order chi connectivity index (χ1) is 16.8. The number of rotatable bonds is 4. The summed E-state index contributed by atoms with van der Waals surface area (Å²) in [5.41, 5.74) is 1.61. The number of carbonyl (C=O) groups is 3. The Morgan fingerprint density at radius 1 is 0.971 bits per heavy atom. The van der Waals surface area contributed by atoms with Gasteiger partial charge in [-0.3, -0.25) is 24.5 Å². The summed E-state index contributed by atoms with van der Waals surface area (Å²) in [6, 6.07) is 18.8. The van der Waals surface area contributed by atoms with Gasteiger partial charge in [-0.2, -0.15) is 0 Å². The maximum atomic E-state index is 14.1. The van der Waals surface area contributed by atoms with Crippen LogP contribution in [-0.4, -0.2) is 29.6 Å². The molecule has 0 radical (unpaired) electrons. The van der Waals surface area contributed by atoms with Crippen LogP contribution in [0.5, 0.6) is 5.75 Å². The summed E-state index contributed by atoms with van der Waals surface area (Å²) in [7, 11) is 1.37. The molecule has 3 aromatic rings. The molecule has 4 aliphatic rings. The van der Waals surface area contributed by atoms with E-state index in [1.807, 2.05) is 48.5 Å². The maximum Gasteiger partial charge on any atom is 0.271 e. The van der Waals surface area contributed by atoms with Gasteiger partial charge in [0.2, 0.25) is 11.8 Å². The van der Waals surface area contributed by atoms with Crippen molar-refractivity contribution in [3.63, 3.8) is 0 Å². The Morgan fingerprint density at radius 2 is 1.57 bits per heavy atom. The van der Waals surface area contributed by atoms with E-state index >= 15 is 0 Å². The number of nitro groups is 1. The van der Waals surface area contributed by atoms with Gasteiger partial charge in [-0.25, -0.2) is 4.90 Å². The number of nitrogens with zero attached hydrogens (tertiary/aromatic N) is 2. The number of nitro benzene ring substituents is 1. The van der Waals surface area contributed by atoms with Crippen LogP contribution in [0.25, 0.3) is 0 Å². The number of non-ortho nitro benzene ring substituents is 1. The molecule has 0 saturated carbocycles. The highest BCUT2D eigenvalue weighted by molar-refractivity contribution is 6.26.